The van der Waals surface area contributed by atoms with Crippen LogP contribution in [0.25, 0.3) is 55.7 Å². The molecule has 0 N–H and O–H groups in total. The molecule has 3 heterocycles. The van der Waals surface area contributed by atoms with Crippen molar-refractivity contribution in [2.24, 2.45) is 0 Å². The van der Waals surface area contributed by atoms with E-state index in [1.54, 1.807) is 0 Å². The van der Waals surface area contributed by atoms with Gasteiger partial charge in [-0.2, -0.15) is 11.2 Å². The molecule has 0 fully saturated rings. The smallest absolute Gasteiger partial charge is 0.509 e. The maximum Gasteiger partial charge on any atom is 2.00 e. The van der Waals surface area contributed by atoms with Crippen molar-refractivity contribution in [3.63, 3.8) is 0 Å². The van der Waals surface area contributed by atoms with Crippen molar-refractivity contribution in [1.29, 1.82) is 0 Å². The van der Waals surface area contributed by atoms with Crippen molar-refractivity contribution in [1.82, 2.24) is 19.3 Å². The zero-order valence-corrected chi connectivity index (χ0v) is 30.9. The van der Waals surface area contributed by atoms with E-state index in [0.29, 0.717) is 11.5 Å². The van der Waals surface area contributed by atoms with Crippen LogP contribution in [0.3, 0.4) is 0 Å². The summed E-state index contributed by atoms with van der Waals surface area (Å²) in [5.41, 5.74) is 10.1. The van der Waals surface area contributed by atoms with Crippen LogP contribution in [-0.2, 0) is 26.5 Å². The first-order valence-electron chi connectivity index (χ1n) is 16.6. The van der Waals surface area contributed by atoms with Crippen LogP contribution in [-0.4, -0.2) is 19.3 Å². The van der Waals surface area contributed by atoms with Gasteiger partial charge in [-0.05, 0) is 59.7 Å². The third-order valence-electron chi connectivity index (χ3n) is 9.00. The van der Waals surface area contributed by atoms with Crippen molar-refractivity contribution in [2.75, 3.05) is 0 Å². The van der Waals surface area contributed by atoms with Crippen LogP contribution in [0.15, 0.2) is 128 Å². The zero-order valence-electron chi connectivity index (χ0n) is 28.6. The van der Waals surface area contributed by atoms with Crippen LogP contribution < -0.4 is 4.74 Å². The number of hydrogen-bond acceptors (Lipinski definition) is 3. The summed E-state index contributed by atoms with van der Waals surface area (Å²) in [4.78, 5) is 4.73. The predicted octanol–water partition coefficient (Wildman–Crippen LogP) is 11.0. The van der Waals surface area contributed by atoms with Gasteiger partial charge in [0.25, 0.3) is 0 Å². The summed E-state index contributed by atoms with van der Waals surface area (Å²) in [6, 6.07) is 49.0. The third-order valence-corrected chi connectivity index (χ3v) is 9.00. The number of aromatic nitrogens is 4. The van der Waals surface area contributed by atoms with E-state index in [0.717, 1.165) is 72.5 Å². The van der Waals surface area contributed by atoms with Gasteiger partial charge in [-0.15, -0.1) is 41.3 Å². The Kier molecular flexibility index (Phi) is 8.80. The molecule has 8 rings (SSSR count). The molecule has 0 atom stereocenters. The second kappa shape index (κ2) is 13.2. The van der Waals surface area contributed by atoms with E-state index >= 15 is 0 Å². The summed E-state index contributed by atoms with van der Waals surface area (Å²) in [7, 11) is 0. The first kappa shape index (κ1) is 33.3. The van der Waals surface area contributed by atoms with Gasteiger partial charge >= 0.3 is 21.1 Å². The average Bonchev–Trinajstić information content (AvgIpc) is 3.63. The number of rotatable bonds is 6. The molecule has 3 aromatic heterocycles. The van der Waals surface area contributed by atoms with E-state index in [2.05, 4.69) is 148 Å². The molecule has 0 aliphatic rings. The van der Waals surface area contributed by atoms with E-state index < -0.39 is 0 Å². The maximum atomic E-state index is 6.68. The van der Waals surface area contributed by atoms with E-state index in [9.17, 15) is 0 Å². The molecule has 0 aliphatic heterocycles. The van der Waals surface area contributed by atoms with Crippen molar-refractivity contribution in [3.05, 3.63) is 156 Å². The Morgan fingerprint density at radius 1 is 0.680 bits per heavy atom. The molecule has 0 unspecified atom stereocenters. The SMILES string of the molecule is Cc1ccnc(-n2c3[c-]c(Oc4[c-]c(-n5nc(C)c(-c6ccccc6)c5-c5ccccc5)cc(C(C)(C)C)c4)ccc3c3ccccc32)c1.[Pt+2]. The molecule has 8 aromatic rings. The molecule has 0 amide bonds. The van der Waals surface area contributed by atoms with Crippen LogP contribution in [0.1, 0.15) is 37.6 Å². The van der Waals surface area contributed by atoms with E-state index in [1.165, 1.54) is 0 Å². The van der Waals surface area contributed by atoms with E-state index in [1.807, 2.05) is 35.1 Å². The van der Waals surface area contributed by atoms with Gasteiger partial charge in [0.15, 0.2) is 0 Å². The Morgan fingerprint density at radius 2 is 1.38 bits per heavy atom. The van der Waals surface area contributed by atoms with Gasteiger partial charge < -0.3 is 9.30 Å². The Hall–Kier alpha value is -5.25. The summed E-state index contributed by atoms with van der Waals surface area (Å²) in [6.45, 7) is 10.8. The van der Waals surface area contributed by atoms with Gasteiger partial charge in [0, 0.05) is 34.3 Å². The molecule has 0 aliphatic carbocycles. The van der Waals surface area contributed by atoms with Crippen molar-refractivity contribution in [2.45, 2.75) is 40.0 Å². The van der Waals surface area contributed by atoms with Gasteiger partial charge in [0.05, 0.1) is 11.4 Å². The van der Waals surface area contributed by atoms with E-state index in [-0.39, 0.29) is 26.5 Å². The topological polar surface area (TPSA) is 44.9 Å². The number of nitrogens with zero attached hydrogens (tertiary/aromatic N) is 4. The van der Waals surface area contributed by atoms with Gasteiger partial charge in [-0.1, -0.05) is 105 Å². The minimum Gasteiger partial charge on any atom is -0.509 e. The van der Waals surface area contributed by atoms with Gasteiger partial charge in [0.2, 0.25) is 0 Å². The van der Waals surface area contributed by atoms with Gasteiger partial charge in [-0.3, -0.25) is 4.68 Å². The normalized spacial score (nSPS) is 11.5. The summed E-state index contributed by atoms with van der Waals surface area (Å²) in [5.74, 6) is 2.05. The second-order valence-electron chi connectivity index (χ2n) is 13.6. The second-order valence-corrected chi connectivity index (χ2v) is 13.6. The number of aryl methyl sites for hydroxylation is 2. The maximum absolute atomic E-state index is 6.68. The zero-order chi connectivity index (χ0) is 33.7. The summed E-state index contributed by atoms with van der Waals surface area (Å²) in [6.07, 6.45) is 1.85. The minimum absolute atomic E-state index is 0. The molecule has 5 nitrogen and oxygen atoms in total. The summed E-state index contributed by atoms with van der Waals surface area (Å²) in [5, 5.41) is 7.37. The van der Waals surface area contributed by atoms with Gasteiger partial charge in [-0.25, -0.2) is 4.98 Å². The number of hydrogen-bond donors (Lipinski definition) is 0. The molecule has 50 heavy (non-hydrogen) atoms. The van der Waals surface area contributed by atoms with Crippen molar-refractivity contribution in [3.8, 4) is 45.4 Å². The summed E-state index contributed by atoms with van der Waals surface area (Å²) < 4.78 is 10.9. The quantitative estimate of drug-likeness (QED) is 0.157. The number of ether oxygens (including phenoxy) is 1. The molecule has 0 saturated carbocycles. The van der Waals surface area contributed by atoms with Gasteiger partial charge in [0.1, 0.15) is 5.82 Å². The Bertz CT molecular complexity index is 2470. The first-order chi connectivity index (χ1) is 23.7. The predicted molar refractivity (Wildman–Crippen MR) is 199 cm³/mol. The Morgan fingerprint density at radius 3 is 2.10 bits per heavy atom. The molecule has 5 aromatic carbocycles. The first-order valence-corrected chi connectivity index (χ1v) is 16.6. The fraction of sp³-hybridized carbons (Fsp3) is 0.136. The Labute approximate surface area is 307 Å². The van der Waals surface area contributed by atoms with Crippen LogP contribution in [0.4, 0.5) is 0 Å². The van der Waals surface area contributed by atoms with Crippen molar-refractivity contribution < 1.29 is 25.8 Å². The largest absolute Gasteiger partial charge is 2.00 e. The molecule has 248 valence electrons. The summed E-state index contributed by atoms with van der Waals surface area (Å²) >= 11 is 0. The van der Waals surface area contributed by atoms with Crippen molar-refractivity contribution >= 4 is 21.8 Å². The third kappa shape index (κ3) is 6.07. The van der Waals surface area contributed by atoms with E-state index in [4.69, 9.17) is 14.8 Å². The molecular formula is C44H36N4OPt. The number of para-hydroxylation sites is 1. The fourth-order valence-electron chi connectivity index (χ4n) is 6.58. The molecular weight excluding hydrogens is 796 g/mol. The number of benzene rings is 5. The fourth-order valence-corrected chi connectivity index (χ4v) is 6.58. The minimum atomic E-state index is -0.156. The van der Waals surface area contributed by atoms with Crippen LogP contribution in [0, 0.1) is 26.0 Å². The van der Waals surface area contributed by atoms with Crippen LogP contribution >= 0.6 is 0 Å². The number of fused-ring (bicyclic) bond motifs is 3. The molecule has 0 spiro atoms. The monoisotopic (exact) mass is 831 g/mol. The molecule has 0 saturated heterocycles. The van der Waals surface area contributed by atoms with Crippen LogP contribution in [0.5, 0.6) is 11.5 Å². The molecule has 6 heteroatoms. The average molecular weight is 832 g/mol. The number of pyridine rings is 1. The Balaban J connectivity index is 0.00000392. The molecule has 0 radical (unpaired) electrons. The van der Waals surface area contributed by atoms with Crippen LogP contribution in [0.2, 0.25) is 0 Å². The standard InChI is InChI=1S/C44H36N4O.Pt/c1-29-22-23-45-41(24-29)47-39-19-13-12-18-37(39)38-21-20-35(28-40(38)47)49-36-26-33(44(3,4)5)25-34(27-36)48-43(32-16-10-7-11-17-32)42(30(2)46-48)31-14-8-6-9-15-31;/h6-26H,1-5H3;/q-2;+2. The molecule has 0 bridgehead atoms.